The maximum absolute atomic E-state index is 13.5. The van der Waals surface area contributed by atoms with E-state index >= 15 is 0 Å². The van der Waals surface area contributed by atoms with E-state index in [-0.39, 0.29) is 17.3 Å². The van der Waals surface area contributed by atoms with Crippen LogP contribution >= 0.6 is 11.3 Å². The summed E-state index contributed by atoms with van der Waals surface area (Å²) < 4.78 is 1.63. The second-order valence-corrected chi connectivity index (χ2v) is 9.00. The van der Waals surface area contributed by atoms with Crippen LogP contribution in [-0.4, -0.2) is 46.1 Å². The number of amides is 1. The maximum atomic E-state index is 13.5. The number of carbonyl (C=O) groups excluding carboxylic acids is 1. The largest absolute Gasteiger partial charge is 0.465 e. The summed E-state index contributed by atoms with van der Waals surface area (Å²) in [4.78, 5) is 39.5. The number of nitrogens with zero attached hydrogens (tertiary/aromatic N) is 2. The molecule has 0 aliphatic carbocycles. The number of likely N-dealkylation sites (tertiary alicyclic amines) is 1. The highest BCUT2D eigenvalue weighted by Gasteiger charge is 2.31. The van der Waals surface area contributed by atoms with E-state index in [2.05, 4.69) is 5.32 Å². The van der Waals surface area contributed by atoms with E-state index in [1.54, 1.807) is 22.8 Å². The number of hydrogen-bond acceptors (Lipinski definition) is 5. The van der Waals surface area contributed by atoms with Gasteiger partial charge in [0.15, 0.2) is 5.78 Å². The Labute approximate surface area is 193 Å². The quantitative estimate of drug-likeness (QED) is 0.420. The highest BCUT2D eigenvalue weighted by molar-refractivity contribution is 7.23. The van der Waals surface area contributed by atoms with E-state index in [9.17, 15) is 14.4 Å². The molecule has 5 rings (SSSR count). The number of anilines is 1. The summed E-state index contributed by atoms with van der Waals surface area (Å²) >= 11 is 1.37. The van der Waals surface area contributed by atoms with Gasteiger partial charge in [0.1, 0.15) is 9.83 Å². The molecule has 0 spiro atoms. The minimum Gasteiger partial charge on any atom is -0.465 e. The Morgan fingerprint density at radius 1 is 0.970 bits per heavy atom. The smallest absolute Gasteiger partial charge is 0.407 e. The van der Waals surface area contributed by atoms with Gasteiger partial charge in [0.2, 0.25) is 0 Å². The van der Waals surface area contributed by atoms with Gasteiger partial charge in [0.25, 0.3) is 5.56 Å². The molecule has 33 heavy (non-hydrogen) atoms. The molecule has 166 valence electrons. The zero-order valence-corrected chi connectivity index (χ0v) is 18.4. The Bertz CT molecular complexity index is 1390. The zero-order chi connectivity index (χ0) is 22.9. The molecule has 4 aromatic rings. The number of ketones is 1. The van der Waals surface area contributed by atoms with Crippen molar-refractivity contribution in [2.24, 2.45) is 5.92 Å². The molecule has 0 radical (unpaired) electrons. The fourth-order valence-corrected chi connectivity index (χ4v) is 5.30. The lowest BCUT2D eigenvalue weighted by atomic mass is 10.00. The predicted molar refractivity (Wildman–Crippen MR) is 129 cm³/mol. The van der Waals surface area contributed by atoms with Crippen LogP contribution in [-0.2, 0) is 0 Å². The molecule has 1 aliphatic heterocycles. The predicted octanol–water partition coefficient (Wildman–Crippen LogP) is 4.30. The first-order valence-electron chi connectivity index (χ1n) is 10.6. The molecule has 0 atom stereocenters. The lowest BCUT2D eigenvalue weighted by molar-refractivity contribution is 0.0864. The number of carboxylic acid groups (broad SMARTS) is 1. The Morgan fingerprint density at radius 3 is 2.30 bits per heavy atom. The number of fused-ring (bicyclic) bond motifs is 1. The van der Waals surface area contributed by atoms with E-state index in [1.165, 1.54) is 22.3 Å². The van der Waals surface area contributed by atoms with Gasteiger partial charge in [-0.05, 0) is 18.2 Å². The van der Waals surface area contributed by atoms with Crippen LogP contribution < -0.4 is 10.9 Å². The van der Waals surface area contributed by atoms with Gasteiger partial charge in [-0.25, -0.2) is 4.79 Å². The van der Waals surface area contributed by atoms with E-state index in [0.717, 1.165) is 5.69 Å². The molecule has 1 saturated heterocycles. The summed E-state index contributed by atoms with van der Waals surface area (Å²) in [6.07, 6.45) is -0.917. The number of thiophene rings is 1. The fraction of sp³-hybridized carbons (Fsp3) is 0.160. The van der Waals surface area contributed by atoms with E-state index in [4.69, 9.17) is 5.11 Å². The van der Waals surface area contributed by atoms with Gasteiger partial charge >= 0.3 is 6.09 Å². The Kier molecular flexibility index (Phi) is 5.43. The van der Waals surface area contributed by atoms with Crippen LogP contribution in [0.15, 0.2) is 77.6 Å². The van der Waals surface area contributed by atoms with Crippen molar-refractivity contribution in [3.8, 4) is 5.69 Å². The van der Waals surface area contributed by atoms with Crippen molar-refractivity contribution in [3.63, 3.8) is 0 Å². The van der Waals surface area contributed by atoms with Crippen LogP contribution in [0.3, 0.4) is 0 Å². The van der Waals surface area contributed by atoms with E-state index < -0.39 is 6.09 Å². The zero-order valence-electron chi connectivity index (χ0n) is 17.6. The van der Waals surface area contributed by atoms with Gasteiger partial charge < -0.3 is 15.3 Å². The number of para-hydroxylation sites is 1. The van der Waals surface area contributed by atoms with Gasteiger partial charge in [-0.3, -0.25) is 14.2 Å². The minimum absolute atomic E-state index is 0.122. The van der Waals surface area contributed by atoms with Gasteiger partial charge in [-0.15, -0.1) is 0 Å². The molecule has 2 aromatic carbocycles. The summed E-state index contributed by atoms with van der Waals surface area (Å²) in [6.45, 7) is 1.47. The Morgan fingerprint density at radius 2 is 1.64 bits per heavy atom. The summed E-state index contributed by atoms with van der Waals surface area (Å²) in [7, 11) is 0. The number of pyridine rings is 1. The molecule has 0 bridgehead atoms. The molecule has 7 nitrogen and oxygen atoms in total. The molecule has 0 saturated carbocycles. The summed E-state index contributed by atoms with van der Waals surface area (Å²) in [5, 5.41) is 13.8. The number of aromatic nitrogens is 1. The molecule has 2 aromatic heterocycles. The minimum atomic E-state index is -0.917. The number of nitrogens with one attached hydrogen (secondary N) is 1. The normalized spacial score (nSPS) is 13.6. The monoisotopic (exact) mass is 459 g/mol. The van der Waals surface area contributed by atoms with Crippen LogP contribution in [0.25, 0.3) is 15.9 Å². The first kappa shape index (κ1) is 21.0. The second kappa shape index (κ2) is 8.55. The SMILES string of the molecule is O=C(c1ccccc1)c1c(NCC2CN(C(=O)O)C2)sc2c1ccc(=O)n2-c1ccccc1. The van der Waals surface area contributed by atoms with Crippen LogP contribution in [0.2, 0.25) is 0 Å². The summed E-state index contributed by atoms with van der Waals surface area (Å²) in [5.74, 6) is 0.0469. The average Bonchev–Trinajstić information content (AvgIpc) is 3.16. The molecular formula is C25H21N3O4S. The molecule has 0 unspecified atom stereocenters. The highest BCUT2D eigenvalue weighted by atomic mass is 32.1. The molecule has 3 heterocycles. The van der Waals surface area contributed by atoms with Crippen LogP contribution in [0.5, 0.6) is 0 Å². The fourth-order valence-electron chi connectivity index (χ4n) is 4.08. The molecule has 2 N–H and O–H groups in total. The number of benzene rings is 2. The van der Waals surface area contributed by atoms with Crippen molar-refractivity contribution in [2.75, 3.05) is 25.0 Å². The average molecular weight is 460 g/mol. The third-order valence-corrected chi connectivity index (χ3v) is 6.95. The highest BCUT2D eigenvalue weighted by Crippen LogP contribution is 2.38. The first-order valence-corrected chi connectivity index (χ1v) is 11.4. The number of carbonyl (C=O) groups is 2. The van der Waals surface area contributed by atoms with Gasteiger partial charge in [0, 0.05) is 42.6 Å². The lowest BCUT2D eigenvalue weighted by Gasteiger charge is -2.37. The standard InChI is InChI=1S/C25H21N3O4S/c29-20-12-11-19-21(22(30)17-7-3-1-4-8-17)23(26-13-16-14-27(15-16)25(31)32)33-24(19)28(20)18-9-5-2-6-10-18/h1-12,16,26H,13-15H2,(H,31,32). The number of hydrogen-bond donors (Lipinski definition) is 2. The van der Waals surface area contributed by atoms with Crippen LogP contribution in [0, 0.1) is 5.92 Å². The Balaban J connectivity index is 1.59. The van der Waals surface area contributed by atoms with Crippen molar-refractivity contribution >= 4 is 38.4 Å². The van der Waals surface area contributed by atoms with Crippen molar-refractivity contribution < 1.29 is 14.7 Å². The maximum Gasteiger partial charge on any atom is 0.407 e. The molecule has 1 aliphatic rings. The Hall–Kier alpha value is -3.91. The van der Waals surface area contributed by atoms with Gasteiger partial charge in [-0.2, -0.15) is 0 Å². The second-order valence-electron chi connectivity index (χ2n) is 8.00. The van der Waals surface area contributed by atoms with Crippen molar-refractivity contribution in [3.05, 3.63) is 94.3 Å². The van der Waals surface area contributed by atoms with Gasteiger partial charge in [0.05, 0.1) is 11.3 Å². The first-order chi connectivity index (χ1) is 16.0. The topological polar surface area (TPSA) is 91.6 Å². The van der Waals surface area contributed by atoms with E-state index in [0.29, 0.717) is 46.0 Å². The molecular weight excluding hydrogens is 438 g/mol. The van der Waals surface area contributed by atoms with Gasteiger partial charge in [-0.1, -0.05) is 59.9 Å². The van der Waals surface area contributed by atoms with Crippen molar-refractivity contribution in [2.45, 2.75) is 0 Å². The van der Waals surface area contributed by atoms with Crippen molar-refractivity contribution in [1.82, 2.24) is 9.47 Å². The lowest BCUT2D eigenvalue weighted by Crippen LogP contribution is -2.51. The molecule has 1 fully saturated rings. The van der Waals surface area contributed by atoms with Crippen LogP contribution in [0.4, 0.5) is 9.80 Å². The van der Waals surface area contributed by atoms with Crippen LogP contribution in [0.1, 0.15) is 15.9 Å². The molecule has 8 heteroatoms. The summed E-state index contributed by atoms with van der Waals surface area (Å²) in [6, 6.07) is 21.6. The third-order valence-electron chi connectivity index (χ3n) is 5.80. The third kappa shape index (κ3) is 3.89. The summed E-state index contributed by atoms with van der Waals surface area (Å²) in [5.41, 5.74) is 1.66. The van der Waals surface area contributed by atoms with Crippen molar-refractivity contribution in [1.29, 1.82) is 0 Å². The number of rotatable bonds is 6. The molecule has 1 amide bonds. The van der Waals surface area contributed by atoms with E-state index in [1.807, 2.05) is 48.5 Å².